The Bertz CT molecular complexity index is 486. The molecule has 0 spiro atoms. The molecule has 2 fully saturated rings. The summed E-state index contributed by atoms with van der Waals surface area (Å²) < 4.78 is 10.6. The fourth-order valence-electron chi connectivity index (χ4n) is 2.55. The van der Waals surface area contributed by atoms with E-state index in [1.54, 1.807) is 18.9 Å². The van der Waals surface area contributed by atoms with Crippen LogP contribution in [0.4, 0.5) is 0 Å². The molecule has 1 aliphatic carbocycles. The van der Waals surface area contributed by atoms with Gasteiger partial charge < -0.3 is 19.5 Å². The van der Waals surface area contributed by atoms with Gasteiger partial charge in [0.25, 0.3) is 0 Å². The average Bonchev–Trinajstić information content (AvgIpc) is 3.01. The second-order valence-corrected chi connectivity index (χ2v) is 5.49. The molecule has 1 N–H and O–H groups in total. The molecular formula is C13H20N4O3. The third-order valence-electron chi connectivity index (χ3n) is 3.86. The summed E-state index contributed by atoms with van der Waals surface area (Å²) in [6.07, 6.45) is 3.06. The molecule has 7 nitrogen and oxygen atoms in total. The number of nitrogens with zero attached hydrogens (tertiary/aromatic N) is 3. The number of hydrogen-bond acceptors (Lipinski definition) is 6. The Morgan fingerprint density at radius 2 is 2.35 bits per heavy atom. The molecular weight excluding hydrogens is 260 g/mol. The van der Waals surface area contributed by atoms with Gasteiger partial charge in [0.1, 0.15) is 6.04 Å². The zero-order valence-electron chi connectivity index (χ0n) is 11.8. The number of rotatable bonds is 5. The third-order valence-corrected chi connectivity index (χ3v) is 3.86. The molecule has 1 aromatic rings. The van der Waals surface area contributed by atoms with E-state index in [1.165, 1.54) is 12.8 Å². The van der Waals surface area contributed by atoms with E-state index in [-0.39, 0.29) is 18.1 Å². The number of amides is 1. The Morgan fingerprint density at radius 1 is 1.55 bits per heavy atom. The minimum Gasteiger partial charge on any atom is -0.380 e. The van der Waals surface area contributed by atoms with Crippen molar-refractivity contribution < 1.29 is 14.1 Å². The zero-order valence-corrected chi connectivity index (χ0v) is 11.8. The van der Waals surface area contributed by atoms with Crippen molar-refractivity contribution in [3.8, 4) is 0 Å². The lowest BCUT2D eigenvalue weighted by Gasteiger charge is -2.21. The third kappa shape index (κ3) is 2.83. The van der Waals surface area contributed by atoms with E-state index in [0.717, 1.165) is 0 Å². The number of ether oxygens (including phenoxy) is 1. The molecule has 3 rings (SSSR count). The van der Waals surface area contributed by atoms with Crippen LogP contribution in [0.5, 0.6) is 0 Å². The van der Waals surface area contributed by atoms with Crippen molar-refractivity contribution in [1.29, 1.82) is 0 Å². The highest BCUT2D eigenvalue weighted by molar-refractivity contribution is 5.79. The molecule has 1 saturated heterocycles. The molecule has 0 radical (unpaired) electrons. The van der Waals surface area contributed by atoms with E-state index in [1.807, 2.05) is 0 Å². The van der Waals surface area contributed by atoms with Gasteiger partial charge in [0.15, 0.2) is 5.82 Å². The van der Waals surface area contributed by atoms with E-state index in [4.69, 9.17) is 9.26 Å². The Hall–Kier alpha value is -1.47. The van der Waals surface area contributed by atoms with Gasteiger partial charge in [-0.1, -0.05) is 5.16 Å². The first-order valence-corrected chi connectivity index (χ1v) is 7.03. The molecule has 2 aliphatic rings. The number of aryl methyl sites for hydroxylation is 1. The summed E-state index contributed by atoms with van der Waals surface area (Å²) in [6.45, 7) is 2.72. The van der Waals surface area contributed by atoms with Crippen molar-refractivity contribution in [2.24, 2.45) is 0 Å². The molecule has 1 aromatic heterocycles. The zero-order chi connectivity index (χ0) is 14.1. The smallest absolute Gasteiger partial charge is 0.249 e. The normalized spacial score (nSPS) is 26.2. The van der Waals surface area contributed by atoms with Gasteiger partial charge in [0.05, 0.1) is 12.6 Å². The van der Waals surface area contributed by atoms with Gasteiger partial charge >= 0.3 is 0 Å². The van der Waals surface area contributed by atoms with Crippen LogP contribution in [0, 0.1) is 6.92 Å². The van der Waals surface area contributed by atoms with Crippen LogP contribution in [0.1, 0.15) is 37.0 Å². The van der Waals surface area contributed by atoms with Crippen molar-refractivity contribution in [3.05, 3.63) is 11.7 Å². The number of aromatic nitrogens is 2. The second kappa shape index (κ2) is 5.49. The lowest BCUT2D eigenvalue weighted by Crippen LogP contribution is -2.39. The Kier molecular flexibility index (Phi) is 3.71. The average molecular weight is 280 g/mol. The van der Waals surface area contributed by atoms with Crippen LogP contribution in [0.25, 0.3) is 0 Å². The molecule has 2 atom stereocenters. The Morgan fingerprint density at radius 3 is 2.95 bits per heavy atom. The molecule has 7 heteroatoms. The highest BCUT2D eigenvalue weighted by Gasteiger charge is 2.39. The van der Waals surface area contributed by atoms with Crippen molar-refractivity contribution >= 4 is 5.91 Å². The van der Waals surface area contributed by atoms with Crippen LogP contribution in [0.2, 0.25) is 0 Å². The van der Waals surface area contributed by atoms with E-state index < -0.39 is 0 Å². The quantitative estimate of drug-likeness (QED) is 0.842. The SMILES string of the molecule is CO[C@H]1C[C@H](c2nc(C)no2)N(C(=O)CNC2CC2)C1. The Balaban J connectivity index is 1.69. The monoisotopic (exact) mass is 280 g/mol. The topological polar surface area (TPSA) is 80.5 Å². The van der Waals surface area contributed by atoms with Crippen LogP contribution in [0.15, 0.2) is 4.52 Å². The first kappa shape index (κ1) is 13.5. The molecule has 1 saturated carbocycles. The number of nitrogens with one attached hydrogen (secondary N) is 1. The second-order valence-electron chi connectivity index (χ2n) is 5.49. The fourth-order valence-corrected chi connectivity index (χ4v) is 2.55. The molecule has 2 heterocycles. The molecule has 110 valence electrons. The Labute approximate surface area is 117 Å². The maximum absolute atomic E-state index is 12.3. The minimum atomic E-state index is -0.172. The lowest BCUT2D eigenvalue weighted by atomic mass is 10.2. The number of likely N-dealkylation sites (tertiary alicyclic amines) is 1. The molecule has 20 heavy (non-hydrogen) atoms. The lowest BCUT2D eigenvalue weighted by molar-refractivity contribution is -0.132. The van der Waals surface area contributed by atoms with E-state index in [2.05, 4.69) is 15.5 Å². The summed E-state index contributed by atoms with van der Waals surface area (Å²) in [5.74, 6) is 1.16. The summed E-state index contributed by atoms with van der Waals surface area (Å²) in [5, 5.41) is 7.05. The van der Waals surface area contributed by atoms with Crippen molar-refractivity contribution in [2.75, 3.05) is 20.2 Å². The number of methoxy groups -OCH3 is 1. The summed E-state index contributed by atoms with van der Waals surface area (Å²) in [6, 6.07) is 0.346. The summed E-state index contributed by atoms with van der Waals surface area (Å²) in [5.41, 5.74) is 0. The van der Waals surface area contributed by atoms with Crippen LogP contribution < -0.4 is 5.32 Å². The number of carbonyl (C=O) groups excluding carboxylic acids is 1. The van der Waals surface area contributed by atoms with Crippen molar-refractivity contribution in [1.82, 2.24) is 20.4 Å². The van der Waals surface area contributed by atoms with Crippen molar-refractivity contribution in [3.63, 3.8) is 0 Å². The molecule has 0 unspecified atom stereocenters. The number of hydrogen-bond donors (Lipinski definition) is 1. The van der Waals surface area contributed by atoms with Gasteiger partial charge in [-0.25, -0.2) is 0 Å². The maximum atomic E-state index is 12.3. The van der Waals surface area contributed by atoms with Crippen LogP contribution >= 0.6 is 0 Å². The summed E-state index contributed by atoms with van der Waals surface area (Å²) in [7, 11) is 1.66. The standard InChI is InChI=1S/C13H20N4O3/c1-8-15-13(20-16-8)11-5-10(19-2)7-17(11)12(18)6-14-9-3-4-9/h9-11,14H,3-7H2,1-2H3/t10-,11+/m0/s1. The fraction of sp³-hybridized carbons (Fsp3) is 0.769. The predicted octanol–water partition coefficient (Wildman–Crippen LogP) is 0.418. The van der Waals surface area contributed by atoms with Gasteiger partial charge in [-0.2, -0.15) is 4.98 Å². The van der Waals surface area contributed by atoms with Crippen LogP contribution in [-0.2, 0) is 9.53 Å². The highest BCUT2D eigenvalue weighted by Crippen LogP contribution is 2.32. The molecule has 0 bridgehead atoms. The highest BCUT2D eigenvalue weighted by atomic mass is 16.5. The van der Waals surface area contributed by atoms with Gasteiger partial charge in [0, 0.05) is 26.1 Å². The van der Waals surface area contributed by atoms with E-state index >= 15 is 0 Å². The summed E-state index contributed by atoms with van der Waals surface area (Å²) >= 11 is 0. The number of carbonyl (C=O) groups is 1. The molecule has 1 aliphatic heterocycles. The predicted molar refractivity (Wildman–Crippen MR) is 69.9 cm³/mol. The molecule has 0 aromatic carbocycles. The van der Waals surface area contributed by atoms with E-state index in [0.29, 0.717) is 37.3 Å². The van der Waals surface area contributed by atoms with Crippen molar-refractivity contribution in [2.45, 2.75) is 44.4 Å². The van der Waals surface area contributed by atoms with Gasteiger partial charge in [0.2, 0.25) is 11.8 Å². The van der Waals surface area contributed by atoms with Gasteiger partial charge in [-0.3, -0.25) is 4.79 Å². The molecule has 1 amide bonds. The minimum absolute atomic E-state index is 0.0251. The van der Waals surface area contributed by atoms with Gasteiger partial charge in [-0.05, 0) is 19.8 Å². The van der Waals surface area contributed by atoms with E-state index in [9.17, 15) is 4.79 Å². The first-order valence-electron chi connectivity index (χ1n) is 7.03. The summed E-state index contributed by atoms with van der Waals surface area (Å²) in [4.78, 5) is 18.4. The largest absolute Gasteiger partial charge is 0.380 e. The first-order chi connectivity index (χ1) is 9.67. The van der Waals surface area contributed by atoms with Crippen LogP contribution in [0.3, 0.4) is 0 Å². The van der Waals surface area contributed by atoms with Gasteiger partial charge in [-0.15, -0.1) is 0 Å². The maximum Gasteiger partial charge on any atom is 0.249 e. The van der Waals surface area contributed by atoms with Crippen LogP contribution in [-0.4, -0.2) is 53.3 Å².